The fourth-order valence-electron chi connectivity index (χ4n) is 5.88. The van der Waals surface area contributed by atoms with Crippen molar-refractivity contribution in [3.05, 3.63) is 107 Å². The number of amides is 2. The molecule has 0 spiro atoms. The second-order valence-corrected chi connectivity index (χ2v) is 15.9. The highest BCUT2D eigenvalue weighted by Gasteiger charge is 2.22. The van der Waals surface area contributed by atoms with Crippen LogP contribution in [-0.2, 0) is 36.1 Å². The molecule has 0 fully saturated rings. The molecule has 0 aliphatic carbocycles. The van der Waals surface area contributed by atoms with Crippen molar-refractivity contribution in [1.29, 1.82) is 0 Å². The van der Waals surface area contributed by atoms with Gasteiger partial charge in [0, 0.05) is 40.7 Å². The van der Waals surface area contributed by atoms with E-state index in [1.54, 1.807) is 42.6 Å². The molecule has 304 valence electrons. The summed E-state index contributed by atoms with van der Waals surface area (Å²) >= 11 is 0. The maximum Gasteiger partial charge on any atom is 0.329 e. The van der Waals surface area contributed by atoms with Crippen molar-refractivity contribution in [1.82, 2.24) is 4.98 Å². The number of aromatic nitrogens is 1. The lowest BCUT2D eigenvalue weighted by atomic mass is 9.86. The van der Waals surface area contributed by atoms with Crippen molar-refractivity contribution < 1.29 is 46.8 Å². The first-order valence-electron chi connectivity index (χ1n) is 18.2. The molecule has 4 aromatic carbocycles. The fraction of sp³-hybridized carbons (Fsp3) is 0.279. The standard InChI is InChI=1S/C43H46N4O10S/c1-7-28-20-29(23-33(22-28)56-19-18-54-16-17-55-27-40(48)49)21-31-26-32(14-15-44-31)57-39-13-12-36(34-10-8-9-11-35(34)39)45-42(50)46-37-24-30(43(2,3)4)25-38(41(37)53-5)47-58(6,51)52/h1,8-15,20,22-26,47H,16-19,21,27H2,2-6H3,(H,48,49)(H2,45,46,50). The number of pyridine rings is 1. The fourth-order valence-corrected chi connectivity index (χ4v) is 6.43. The number of nitrogens with one attached hydrogen (secondary N) is 3. The van der Waals surface area contributed by atoms with Gasteiger partial charge in [-0.15, -0.1) is 6.42 Å². The summed E-state index contributed by atoms with van der Waals surface area (Å²) in [4.78, 5) is 28.6. The van der Waals surface area contributed by atoms with E-state index in [0.717, 1.165) is 33.8 Å². The van der Waals surface area contributed by atoms with Gasteiger partial charge in [0.15, 0.2) is 5.75 Å². The van der Waals surface area contributed by atoms with Crippen LogP contribution in [-0.4, -0.2) is 76.9 Å². The molecule has 5 aromatic rings. The van der Waals surface area contributed by atoms with E-state index in [-0.39, 0.29) is 55.6 Å². The maximum absolute atomic E-state index is 13.5. The van der Waals surface area contributed by atoms with Gasteiger partial charge in [0.1, 0.15) is 30.5 Å². The van der Waals surface area contributed by atoms with Crippen LogP contribution in [0.3, 0.4) is 0 Å². The lowest BCUT2D eigenvalue weighted by molar-refractivity contribution is -0.142. The molecule has 5 rings (SSSR count). The van der Waals surface area contributed by atoms with Crippen molar-refractivity contribution >= 4 is 49.9 Å². The molecule has 0 aliphatic heterocycles. The Morgan fingerprint density at radius 1 is 0.845 bits per heavy atom. The van der Waals surface area contributed by atoms with Crippen molar-refractivity contribution in [3.8, 4) is 35.3 Å². The van der Waals surface area contributed by atoms with Gasteiger partial charge in [-0.2, -0.15) is 0 Å². The quantitative estimate of drug-likeness (QED) is 0.0510. The normalized spacial score (nSPS) is 11.4. The van der Waals surface area contributed by atoms with Gasteiger partial charge in [0.2, 0.25) is 10.0 Å². The van der Waals surface area contributed by atoms with Crippen LogP contribution in [0.15, 0.2) is 85.1 Å². The smallest absolute Gasteiger partial charge is 0.329 e. The summed E-state index contributed by atoms with van der Waals surface area (Å²) in [5.74, 6) is 3.46. The molecule has 14 nitrogen and oxygen atoms in total. The van der Waals surface area contributed by atoms with Gasteiger partial charge in [-0.05, 0) is 65.1 Å². The number of rotatable bonds is 18. The number of fused-ring (bicyclic) bond motifs is 1. The molecular weight excluding hydrogens is 765 g/mol. The van der Waals surface area contributed by atoms with Gasteiger partial charge < -0.3 is 39.4 Å². The van der Waals surface area contributed by atoms with Crippen molar-refractivity contribution in [2.75, 3.05) is 61.8 Å². The van der Waals surface area contributed by atoms with Crippen LogP contribution in [0.4, 0.5) is 21.9 Å². The molecule has 1 heterocycles. The number of carboxylic acids is 1. The monoisotopic (exact) mass is 810 g/mol. The number of benzene rings is 4. The second kappa shape index (κ2) is 19.2. The third kappa shape index (κ3) is 12.3. The molecule has 0 radical (unpaired) electrons. The molecule has 1 aromatic heterocycles. The number of ether oxygens (including phenoxy) is 5. The predicted octanol–water partition coefficient (Wildman–Crippen LogP) is 7.42. The molecule has 0 aliphatic rings. The molecule has 0 atom stereocenters. The number of hydrogen-bond acceptors (Lipinski definition) is 10. The first kappa shape index (κ1) is 42.8. The Labute approximate surface area is 337 Å². The number of carbonyl (C=O) groups is 2. The topological polar surface area (TPSA) is 184 Å². The third-order valence-corrected chi connectivity index (χ3v) is 9.05. The summed E-state index contributed by atoms with van der Waals surface area (Å²) in [6.07, 6.45) is 8.88. The third-order valence-electron chi connectivity index (χ3n) is 8.46. The number of nitrogens with zero attached hydrogens (tertiary/aromatic N) is 1. The summed E-state index contributed by atoms with van der Waals surface area (Å²) in [5.41, 5.74) is 3.65. The number of carbonyl (C=O) groups excluding carboxylic acids is 1. The summed E-state index contributed by atoms with van der Waals surface area (Å²) in [6, 6.07) is 23.0. The Morgan fingerprint density at radius 2 is 1.55 bits per heavy atom. The highest BCUT2D eigenvalue weighted by atomic mass is 32.2. The highest BCUT2D eigenvalue weighted by Crippen LogP contribution is 2.40. The zero-order chi connectivity index (χ0) is 41.9. The summed E-state index contributed by atoms with van der Waals surface area (Å²) in [5, 5.41) is 15.8. The molecule has 2 amide bonds. The van der Waals surface area contributed by atoms with Crippen LogP contribution >= 0.6 is 0 Å². The molecule has 0 bridgehead atoms. The van der Waals surface area contributed by atoms with E-state index in [2.05, 4.69) is 26.3 Å². The van der Waals surface area contributed by atoms with Crippen LogP contribution in [0.1, 0.15) is 43.2 Å². The van der Waals surface area contributed by atoms with Gasteiger partial charge in [0.25, 0.3) is 0 Å². The minimum absolute atomic E-state index is 0.164. The van der Waals surface area contributed by atoms with E-state index < -0.39 is 22.0 Å². The second-order valence-electron chi connectivity index (χ2n) is 14.1. The number of terminal acetylenes is 1. The van der Waals surface area contributed by atoms with Crippen molar-refractivity contribution in [2.24, 2.45) is 0 Å². The van der Waals surface area contributed by atoms with Crippen LogP contribution < -0.4 is 29.6 Å². The summed E-state index contributed by atoms with van der Waals surface area (Å²) in [6.45, 7) is 6.50. The highest BCUT2D eigenvalue weighted by molar-refractivity contribution is 7.92. The number of anilines is 3. The Kier molecular flexibility index (Phi) is 14.2. The molecule has 58 heavy (non-hydrogen) atoms. The largest absolute Gasteiger partial charge is 0.492 e. The van der Waals surface area contributed by atoms with E-state index in [9.17, 15) is 18.0 Å². The maximum atomic E-state index is 13.5. The number of hydrogen-bond donors (Lipinski definition) is 4. The lowest BCUT2D eigenvalue weighted by Crippen LogP contribution is -2.22. The minimum Gasteiger partial charge on any atom is -0.492 e. The predicted molar refractivity (Wildman–Crippen MR) is 223 cm³/mol. The first-order valence-corrected chi connectivity index (χ1v) is 20.0. The summed E-state index contributed by atoms with van der Waals surface area (Å²) < 4.78 is 55.0. The molecule has 0 unspecified atom stereocenters. The molecule has 0 saturated carbocycles. The Hall–Kier alpha value is -6.34. The van der Waals surface area contributed by atoms with Crippen LogP contribution in [0.25, 0.3) is 10.8 Å². The van der Waals surface area contributed by atoms with Gasteiger partial charge >= 0.3 is 12.0 Å². The van der Waals surface area contributed by atoms with Gasteiger partial charge in [0.05, 0.1) is 50.2 Å². The van der Waals surface area contributed by atoms with Crippen LogP contribution in [0.5, 0.6) is 23.0 Å². The average Bonchev–Trinajstić information content (AvgIpc) is 3.15. The Bertz CT molecular complexity index is 2420. The number of methoxy groups -OCH3 is 1. The molecule has 4 N–H and O–H groups in total. The van der Waals surface area contributed by atoms with Crippen molar-refractivity contribution in [3.63, 3.8) is 0 Å². The van der Waals surface area contributed by atoms with Gasteiger partial charge in [-0.1, -0.05) is 51.0 Å². The number of urea groups is 1. The van der Waals surface area contributed by atoms with Gasteiger partial charge in [-0.25, -0.2) is 18.0 Å². The summed E-state index contributed by atoms with van der Waals surface area (Å²) in [7, 11) is -2.25. The lowest BCUT2D eigenvalue weighted by Gasteiger charge is -2.24. The van der Waals surface area contributed by atoms with E-state index in [4.69, 9.17) is 35.2 Å². The van der Waals surface area contributed by atoms with Crippen LogP contribution in [0.2, 0.25) is 0 Å². The SMILES string of the molecule is C#Cc1cc(Cc2cc(Oc3ccc(NC(=O)Nc4cc(C(C)(C)C)cc(NS(C)(=O)=O)c4OC)c4ccccc34)ccn2)cc(OCCOCCOCC(=O)O)c1. The zero-order valence-corrected chi connectivity index (χ0v) is 33.7. The average molecular weight is 811 g/mol. The van der Waals surface area contributed by atoms with Crippen molar-refractivity contribution in [2.45, 2.75) is 32.6 Å². The van der Waals surface area contributed by atoms with E-state index in [1.807, 2.05) is 63.2 Å². The number of aliphatic carboxylic acids is 1. The Balaban J connectivity index is 1.28. The van der Waals surface area contributed by atoms with Gasteiger partial charge in [-0.3, -0.25) is 9.71 Å². The Morgan fingerprint density at radius 3 is 2.26 bits per heavy atom. The zero-order valence-electron chi connectivity index (χ0n) is 32.9. The molecule has 0 saturated heterocycles. The number of carboxylic acid groups (broad SMARTS) is 1. The first-order chi connectivity index (χ1) is 27.6. The van der Waals surface area contributed by atoms with E-state index in [0.29, 0.717) is 34.9 Å². The number of sulfonamides is 1. The minimum atomic E-state index is -3.65. The molecular formula is C43H46N4O10S. The molecule has 15 heteroatoms. The van der Waals surface area contributed by atoms with E-state index in [1.165, 1.54) is 7.11 Å². The van der Waals surface area contributed by atoms with E-state index >= 15 is 0 Å². The van der Waals surface area contributed by atoms with Crippen LogP contribution in [0, 0.1) is 12.3 Å².